The van der Waals surface area contributed by atoms with Gasteiger partial charge in [0, 0.05) is 32.5 Å². The quantitative estimate of drug-likeness (QED) is 0.702. The van der Waals surface area contributed by atoms with Crippen molar-refractivity contribution in [3.05, 3.63) is 30.1 Å². The lowest BCUT2D eigenvalue weighted by Crippen LogP contribution is -2.46. The Balaban J connectivity index is 2.44. The van der Waals surface area contributed by atoms with Crippen LogP contribution in [0.1, 0.15) is 18.9 Å². The number of urea groups is 1. The number of carbonyl (C=O) groups excluding carboxylic acids is 1. The van der Waals surface area contributed by atoms with E-state index in [1.807, 2.05) is 0 Å². The smallest absolute Gasteiger partial charge is 0.317 e. The minimum atomic E-state index is -1.47. The second-order valence-electron chi connectivity index (χ2n) is 4.94. The molecule has 110 valence electrons. The van der Waals surface area contributed by atoms with Crippen LogP contribution in [-0.4, -0.2) is 51.3 Å². The lowest BCUT2D eigenvalue weighted by Gasteiger charge is -2.24. The monoisotopic (exact) mass is 281 g/mol. The molecule has 1 aromatic rings. The Hall–Kier alpha value is -2.15. The van der Waals surface area contributed by atoms with Crippen LogP contribution in [-0.2, 0) is 11.3 Å². The van der Waals surface area contributed by atoms with Crippen LogP contribution in [0.2, 0.25) is 0 Å². The lowest BCUT2D eigenvalue weighted by molar-refractivity contribution is -0.141. The summed E-state index contributed by atoms with van der Waals surface area (Å²) >= 11 is 0. The number of nitrogens with zero attached hydrogens (tertiary/aromatic N) is 2. The summed E-state index contributed by atoms with van der Waals surface area (Å²) in [6.45, 7) is 1.64. The zero-order valence-corrected chi connectivity index (χ0v) is 11.5. The number of hydrogen-bond donors (Lipinski definition) is 3. The Morgan fingerprint density at radius 1 is 1.40 bits per heavy atom. The van der Waals surface area contributed by atoms with Gasteiger partial charge in [-0.25, -0.2) is 4.79 Å². The third-order valence-electron chi connectivity index (χ3n) is 2.67. The van der Waals surface area contributed by atoms with Gasteiger partial charge in [-0.2, -0.15) is 0 Å². The molecule has 3 N–H and O–H groups in total. The van der Waals surface area contributed by atoms with E-state index in [9.17, 15) is 14.7 Å². The summed E-state index contributed by atoms with van der Waals surface area (Å²) in [5.74, 6) is -1.12. The molecular formula is C13H19N3O4. The molecule has 1 aromatic heterocycles. The molecule has 0 saturated heterocycles. The first-order valence-electron chi connectivity index (χ1n) is 6.12. The van der Waals surface area contributed by atoms with E-state index in [-0.39, 0.29) is 12.6 Å². The van der Waals surface area contributed by atoms with E-state index in [4.69, 9.17) is 5.11 Å². The molecule has 1 heterocycles. The standard InChI is InChI=1S/C13H19N3O4/c1-13(20,7-11(17)18)9-15-12(19)16(2)8-10-3-5-14-6-4-10/h3-6,20H,7-9H2,1-2H3,(H,15,19)(H,17,18). The van der Waals surface area contributed by atoms with Crippen molar-refractivity contribution in [3.8, 4) is 0 Å². The van der Waals surface area contributed by atoms with Crippen LogP contribution in [0.3, 0.4) is 0 Å². The van der Waals surface area contributed by atoms with Crippen molar-refractivity contribution in [2.45, 2.75) is 25.5 Å². The molecule has 7 heteroatoms. The number of carboxylic acid groups (broad SMARTS) is 1. The van der Waals surface area contributed by atoms with Crippen LogP contribution in [0.5, 0.6) is 0 Å². The average Bonchev–Trinajstić information content (AvgIpc) is 2.35. The topological polar surface area (TPSA) is 103 Å². The third-order valence-corrected chi connectivity index (χ3v) is 2.67. The molecule has 0 fully saturated rings. The van der Waals surface area contributed by atoms with Crippen molar-refractivity contribution in [2.75, 3.05) is 13.6 Å². The highest BCUT2D eigenvalue weighted by molar-refractivity contribution is 5.74. The molecule has 0 aromatic carbocycles. The Labute approximate surface area is 117 Å². The van der Waals surface area contributed by atoms with E-state index < -0.39 is 18.0 Å². The summed E-state index contributed by atoms with van der Waals surface area (Å²) < 4.78 is 0. The fourth-order valence-corrected chi connectivity index (χ4v) is 1.62. The van der Waals surface area contributed by atoms with Gasteiger partial charge in [-0.05, 0) is 24.6 Å². The van der Waals surface area contributed by atoms with Crippen molar-refractivity contribution in [2.24, 2.45) is 0 Å². The number of carbonyl (C=O) groups is 2. The maximum atomic E-state index is 11.8. The van der Waals surface area contributed by atoms with Crippen molar-refractivity contribution < 1.29 is 19.8 Å². The summed E-state index contributed by atoms with van der Waals surface area (Å²) in [6, 6.07) is 3.21. The van der Waals surface area contributed by atoms with E-state index >= 15 is 0 Å². The van der Waals surface area contributed by atoms with Gasteiger partial charge in [0.1, 0.15) is 0 Å². The predicted octanol–water partition coefficient (Wildman–Crippen LogP) is 0.449. The maximum absolute atomic E-state index is 11.8. The Morgan fingerprint density at radius 2 is 2.00 bits per heavy atom. The average molecular weight is 281 g/mol. The molecule has 20 heavy (non-hydrogen) atoms. The summed E-state index contributed by atoms with van der Waals surface area (Å²) in [6.07, 6.45) is 2.85. The molecule has 1 rings (SSSR count). The SMILES string of the molecule is CN(Cc1ccncc1)C(=O)NCC(C)(O)CC(=O)O. The molecule has 7 nitrogen and oxygen atoms in total. The highest BCUT2D eigenvalue weighted by Gasteiger charge is 2.25. The van der Waals surface area contributed by atoms with Crippen molar-refractivity contribution in [1.29, 1.82) is 0 Å². The number of rotatable bonds is 6. The van der Waals surface area contributed by atoms with E-state index in [0.29, 0.717) is 6.54 Å². The minimum Gasteiger partial charge on any atom is -0.481 e. The van der Waals surface area contributed by atoms with Gasteiger partial charge in [-0.1, -0.05) is 0 Å². The number of aromatic nitrogens is 1. The van der Waals surface area contributed by atoms with Crippen LogP contribution in [0.4, 0.5) is 4.79 Å². The van der Waals surface area contributed by atoms with Gasteiger partial charge in [0.2, 0.25) is 0 Å². The van der Waals surface area contributed by atoms with E-state index in [0.717, 1.165) is 5.56 Å². The fraction of sp³-hybridized carbons (Fsp3) is 0.462. The van der Waals surface area contributed by atoms with Crippen molar-refractivity contribution in [3.63, 3.8) is 0 Å². The number of amides is 2. The Kier molecular flexibility index (Phi) is 5.45. The largest absolute Gasteiger partial charge is 0.481 e. The van der Waals surface area contributed by atoms with Crippen molar-refractivity contribution in [1.82, 2.24) is 15.2 Å². The summed E-state index contributed by atoms with van der Waals surface area (Å²) in [5.41, 5.74) is -0.547. The first-order chi connectivity index (χ1) is 9.30. The molecule has 0 aliphatic carbocycles. The minimum absolute atomic E-state index is 0.126. The van der Waals surface area contributed by atoms with Crippen LogP contribution in [0, 0.1) is 0 Å². The summed E-state index contributed by atoms with van der Waals surface area (Å²) in [5, 5.41) is 20.9. The van der Waals surface area contributed by atoms with Gasteiger partial charge in [-0.15, -0.1) is 0 Å². The molecule has 0 aliphatic heterocycles. The lowest BCUT2D eigenvalue weighted by atomic mass is 10.0. The van der Waals surface area contributed by atoms with Crippen LogP contribution in [0.15, 0.2) is 24.5 Å². The van der Waals surface area contributed by atoms with Crippen LogP contribution >= 0.6 is 0 Å². The number of carboxylic acids is 1. The number of pyridine rings is 1. The highest BCUT2D eigenvalue weighted by Crippen LogP contribution is 2.08. The van der Waals surface area contributed by atoms with E-state index in [2.05, 4.69) is 10.3 Å². The number of hydrogen-bond acceptors (Lipinski definition) is 4. The predicted molar refractivity (Wildman–Crippen MR) is 72.0 cm³/mol. The molecule has 0 aliphatic rings. The van der Waals surface area contributed by atoms with Gasteiger partial charge < -0.3 is 20.4 Å². The number of aliphatic hydroxyl groups is 1. The summed E-state index contributed by atoms with van der Waals surface area (Å²) in [4.78, 5) is 27.7. The third kappa shape index (κ3) is 5.66. The van der Waals surface area contributed by atoms with Crippen LogP contribution < -0.4 is 5.32 Å². The van der Waals surface area contributed by atoms with Crippen molar-refractivity contribution >= 4 is 12.0 Å². The molecule has 1 atom stereocenters. The molecule has 0 saturated carbocycles. The van der Waals surface area contributed by atoms with Gasteiger partial charge >= 0.3 is 12.0 Å². The molecule has 0 spiro atoms. The van der Waals surface area contributed by atoms with Gasteiger partial charge in [0.25, 0.3) is 0 Å². The van der Waals surface area contributed by atoms with E-state index in [1.54, 1.807) is 31.6 Å². The second kappa shape index (κ2) is 6.85. The first-order valence-corrected chi connectivity index (χ1v) is 6.12. The second-order valence-corrected chi connectivity index (χ2v) is 4.94. The molecule has 2 amide bonds. The van der Waals surface area contributed by atoms with Gasteiger partial charge in [-0.3, -0.25) is 9.78 Å². The molecular weight excluding hydrogens is 262 g/mol. The zero-order chi connectivity index (χ0) is 15.2. The fourth-order valence-electron chi connectivity index (χ4n) is 1.62. The highest BCUT2D eigenvalue weighted by atomic mass is 16.4. The maximum Gasteiger partial charge on any atom is 0.317 e. The molecule has 0 radical (unpaired) electrons. The Morgan fingerprint density at radius 3 is 2.55 bits per heavy atom. The normalized spacial score (nSPS) is 13.3. The Bertz CT molecular complexity index is 462. The summed E-state index contributed by atoms with van der Waals surface area (Å²) in [7, 11) is 1.61. The molecule has 0 bridgehead atoms. The van der Waals surface area contributed by atoms with Crippen LogP contribution in [0.25, 0.3) is 0 Å². The van der Waals surface area contributed by atoms with Gasteiger partial charge in [0.05, 0.1) is 12.0 Å². The molecule has 1 unspecified atom stereocenters. The first kappa shape index (κ1) is 15.9. The number of nitrogens with one attached hydrogen (secondary N) is 1. The zero-order valence-electron chi connectivity index (χ0n) is 11.5. The number of aliphatic carboxylic acids is 1. The van der Waals surface area contributed by atoms with E-state index in [1.165, 1.54) is 11.8 Å². The van der Waals surface area contributed by atoms with Gasteiger partial charge in [0.15, 0.2) is 0 Å².